The maximum atomic E-state index is 12.2. The lowest BCUT2D eigenvalue weighted by atomic mass is 9.99. The SMILES string of the molecule is CC[C@H](C)c1ccc(S(=O)(=O)NNC(=O)COc2ccccc2Cl)cc1. The fourth-order valence-electron chi connectivity index (χ4n) is 2.14. The minimum Gasteiger partial charge on any atom is -0.482 e. The first-order valence-electron chi connectivity index (χ1n) is 8.11. The maximum Gasteiger partial charge on any atom is 0.272 e. The van der Waals surface area contributed by atoms with Crippen molar-refractivity contribution >= 4 is 27.5 Å². The fraction of sp³-hybridized carbons (Fsp3) is 0.278. The van der Waals surface area contributed by atoms with Gasteiger partial charge in [-0.2, -0.15) is 0 Å². The van der Waals surface area contributed by atoms with Crippen LogP contribution in [-0.4, -0.2) is 20.9 Å². The van der Waals surface area contributed by atoms with E-state index in [1.165, 1.54) is 12.1 Å². The molecule has 0 aliphatic heterocycles. The molecule has 0 aromatic heterocycles. The van der Waals surface area contributed by atoms with Crippen molar-refractivity contribution in [3.63, 3.8) is 0 Å². The van der Waals surface area contributed by atoms with Gasteiger partial charge in [-0.1, -0.05) is 49.7 Å². The van der Waals surface area contributed by atoms with Crippen molar-refractivity contribution in [1.29, 1.82) is 0 Å². The molecule has 0 saturated heterocycles. The summed E-state index contributed by atoms with van der Waals surface area (Å²) in [6.07, 6.45) is 0.964. The number of carbonyl (C=O) groups excluding carboxylic acids is 1. The molecule has 0 bridgehead atoms. The van der Waals surface area contributed by atoms with E-state index in [1.54, 1.807) is 36.4 Å². The van der Waals surface area contributed by atoms with Crippen LogP contribution < -0.4 is 15.0 Å². The minimum absolute atomic E-state index is 0.0666. The van der Waals surface area contributed by atoms with Crippen LogP contribution in [0.5, 0.6) is 5.75 Å². The number of para-hydroxylation sites is 1. The highest BCUT2D eigenvalue weighted by atomic mass is 35.5. The normalized spacial score (nSPS) is 12.4. The van der Waals surface area contributed by atoms with Crippen molar-refractivity contribution in [3.8, 4) is 5.75 Å². The van der Waals surface area contributed by atoms with Gasteiger partial charge in [0.05, 0.1) is 9.92 Å². The summed E-state index contributed by atoms with van der Waals surface area (Å²) in [7, 11) is -3.86. The topological polar surface area (TPSA) is 84.5 Å². The number of hydrazine groups is 1. The molecule has 6 nitrogen and oxygen atoms in total. The van der Waals surface area contributed by atoms with E-state index in [-0.39, 0.29) is 11.5 Å². The Labute approximate surface area is 158 Å². The third-order valence-corrected chi connectivity index (χ3v) is 5.47. The van der Waals surface area contributed by atoms with Gasteiger partial charge in [0, 0.05) is 0 Å². The highest BCUT2D eigenvalue weighted by molar-refractivity contribution is 7.89. The second-order valence-corrected chi connectivity index (χ2v) is 7.84. The lowest BCUT2D eigenvalue weighted by Gasteiger charge is -2.12. The summed E-state index contributed by atoms with van der Waals surface area (Å²) < 4.78 is 29.7. The van der Waals surface area contributed by atoms with E-state index in [0.29, 0.717) is 16.7 Å². The number of nitrogens with one attached hydrogen (secondary N) is 2. The van der Waals surface area contributed by atoms with E-state index in [4.69, 9.17) is 16.3 Å². The number of ether oxygens (including phenoxy) is 1. The van der Waals surface area contributed by atoms with Gasteiger partial charge in [-0.25, -0.2) is 8.42 Å². The molecule has 0 aliphatic rings. The Bertz CT molecular complexity index is 854. The van der Waals surface area contributed by atoms with Crippen LogP contribution in [0.15, 0.2) is 53.4 Å². The van der Waals surface area contributed by atoms with Gasteiger partial charge < -0.3 is 4.74 Å². The Hall–Kier alpha value is -2.09. The first-order valence-corrected chi connectivity index (χ1v) is 9.97. The molecule has 2 aromatic rings. The molecular weight excluding hydrogens is 376 g/mol. The molecule has 26 heavy (non-hydrogen) atoms. The van der Waals surface area contributed by atoms with Crippen LogP contribution in [0.4, 0.5) is 0 Å². The minimum atomic E-state index is -3.86. The number of hydrogen-bond donors (Lipinski definition) is 2. The summed E-state index contributed by atoms with van der Waals surface area (Å²) in [5, 5.41) is 0.363. The van der Waals surface area contributed by atoms with Crippen LogP contribution in [0.3, 0.4) is 0 Å². The molecule has 0 aliphatic carbocycles. The molecule has 2 aromatic carbocycles. The van der Waals surface area contributed by atoms with E-state index >= 15 is 0 Å². The highest BCUT2D eigenvalue weighted by Crippen LogP contribution is 2.23. The van der Waals surface area contributed by atoms with Crippen LogP contribution in [-0.2, 0) is 14.8 Å². The zero-order chi connectivity index (χ0) is 19.2. The van der Waals surface area contributed by atoms with Crippen LogP contribution in [0.25, 0.3) is 0 Å². The number of amides is 1. The number of halogens is 1. The number of hydrogen-bond acceptors (Lipinski definition) is 4. The molecule has 0 spiro atoms. The van der Waals surface area contributed by atoms with Gasteiger partial charge in [-0.3, -0.25) is 10.2 Å². The van der Waals surface area contributed by atoms with E-state index in [9.17, 15) is 13.2 Å². The van der Waals surface area contributed by atoms with E-state index < -0.39 is 15.9 Å². The van der Waals surface area contributed by atoms with Gasteiger partial charge >= 0.3 is 0 Å². The van der Waals surface area contributed by atoms with Crippen molar-refractivity contribution in [2.45, 2.75) is 31.1 Å². The average Bonchev–Trinajstić information content (AvgIpc) is 2.65. The van der Waals surface area contributed by atoms with Crippen molar-refractivity contribution in [2.24, 2.45) is 0 Å². The zero-order valence-corrected chi connectivity index (χ0v) is 16.1. The molecule has 0 radical (unpaired) electrons. The number of carbonyl (C=O) groups is 1. The third-order valence-electron chi connectivity index (χ3n) is 3.89. The van der Waals surface area contributed by atoms with E-state index in [1.807, 2.05) is 4.83 Å². The lowest BCUT2D eigenvalue weighted by Crippen LogP contribution is -2.43. The molecule has 1 atom stereocenters. The van der Waals surface area contributed by atoms with Crippen molar-refractivity contribution in [3.05, 3.63) is 59.1 Å². The second-order valence-electron chi connectivity index (χ2n) is 5.75. The van der Waals surface area contributed by atoms with Crippen LogP contribution in [0, 0.1) is 0 Å². The van der Waals surface area contributed by atoms with Crippen LogP contribution in [0.2, 0.25) is 5.02 Å². The van der Waals surface area contributed by atoms with Crippen LogP contribution in [0.1, 0.15) is 31.7 Å². The third kappa shape index (κ3) is 5.45. The Balaban J connectivity index is 1.91. The van der Waals surface area contributed by atoms with Crippen molar-refractivity contribution in [1.82, 2.24) is 10.3 Å². The van der Waals surface area contributed by atoms with Crippen molar-refractivity contribution < 1.29 is 17.9 Å². The van der Waals surface area contributed by atoms with Gasteiger partial charge in [-0.05, 0) is 42.2 Å². The Morgan fingerprint density at radius 3 is 2.42 bits per heavy atom. The first-order chi connectivity index (χ1) is 12.3. The molecule has 0 heterocycles. The standard InChI is InChI=1S/C18H21ClN2O4S/c1-3-13(2)14-8-10-15(11-9-14)26(23,24)21-20-18(22)12-25-17-7-5-4-6-16(17)19/h4-11,13,21H,3,12H2,1-2H3,(H,20,22)/t13-/m0/s1. The summed E-state index contributed by atoms with van der Waals surface area (Å²) in [4.78, 5) is 13.9. The van der Waals surface area contributed by atoms with Gasteiger partial charge in [0.15, 0.2) is 6.61 Å². The lowest BCUT2D eigenvalue weighted by molar-refractivity contribution is -0.123. The highest BCUT2D eigenvalue weighted by Gasteiger charge is 2.16. The largest absolute Gasteiger partial charge is 0.482 e. The second kappa shape index (κ2) is 9.02. The van der Waals surface area contributed by atoms with E-state index in [2.05, 4.69) is 19.3 Å². The summed E-state index contributed by atoms with van der Waals surface area (Å²) in [6, 6.07) is 13.2. The average molecular weight is 397 g/mol. The molecule has 2 rings (SSSR count). The summed E-state index contributed by atoms with van der Waals surface area (Å²) in [6.45, 7) is 3.76. The van der Waals surface area contributed by atoms with Gasteiger partial charge in [-0.15, -0.1) is 4.83 Å². The van der Waals surface area contributed by atoms with E-state index in [0.717, 1.165) is 12.0 Å². The zero-order valence-electron chi connectivity index (χ0n) is 14.5. The summed E-state index contributed by atoms with van der Waals surface area (Å²) in [5.74, 6) is 0.0407. The number of benzene rings is 2. The molecule has 0 saturated carbocycles. The number of sulfonamides is 1. The van der Waals surface area contributed by atoms with Gasteiger partial charge in [0.2, 0.25) is 0 Å². The quantitative estimate of drug-likeness (QED) is 0.671. The summed E-state index contributed by atoms with van der Waals surface area (Å²) in [5.41, 5.74) is 3.17. The smallest absolute Gasteiger partial charge is 0.272 e. The molecule has 2 N–H and O–H groups in total. The molecular formula is C18H21ClN2O4S. The maximum absolute atomic E-state index is 12.2. The predicted molar refractivity (Wildman–Crippen MR) is 101 cm³/mol. The molecule has 8 heteroatoms. The molecule has 0 fully saturated rings. The molecule has 140 valence electrons. The Morgan fingerprint density at radius 1 is 1.15 bits per heavy atom. The predicted octanol–water partition coefficient (Wildman–Crippen LogP) is 3.24. The van der Waals surface area contributed by atoms with Gasteiger partial charge in [0.1, 0.15) is 5.75 Å². The monoisotopic (exact) mass is 396 g/mol. The Morgan fingerprint density at radius 2 is 1.81 bits per heavy atom. The molecule has 1 amide bonds. The Kier molecular flexibility index (Phi) is 7.02. The number of rotatable bonds is 8. The van der Waals surface area contributed by atoms with Gasteiger partial charge in [0.25, 0.3) is 15.9 Å². The fourth-order valence-corrected chi connectivity index (χ4v) is 3.19. The van der Waals surface area contributed by atoms with Crippen molar-refractivity contribution in [2.75, 3.05) is 6.61 Å². The first kappa shape index (κ1) is 20.2. The summed E-state index contributed by atoms with van der Waals surface area (Å²) >= 11 is 5.91. The molecule has 0 unspecified atom stereocenters. The van der Waals surface area contributed by atoms with Crippen LogP contribution >= 0.6 is 11.6 Å².